The summed E-state index contributed by atoms with van der Waals surface area (Å²) in [4.78, 5) is 42.9. The van der Waals surface area contributed by atoms with E-state index in [0.29, 0.717) is 55.3 Å². The van der Waals surface area contributed by atoms with Gasteiger partial charge in [-0.05, 0) is 49.6 Å². The van der Waals surface area contributed by atoms with Crippen LogP contribution in [0.1, 0.15) is 42.3 Å². The zero-order chi connectivity index (χ0) is 38.0. The van der Waals surface area contributed by atoms with Crippen molar-refractivity contribution in [1.29, 1.82) is 10.5 Å². The number of carbonyl (C=O) groups excluding carboxylic acids is 1. The number of H-pyrrole nitrogens is 1. The minimum absolute atomic E-state index is 0. The number of carboxylic acid groups (broad SMARTS) is 1. The molecule has 1 fully saturated rings. The summed E-state index contributed by atoms with van der Waals surface area (Å²) < 4.78 is 5.98. The Morgan fingerprint density at radius 1 is 1.05 bits per heavy atom. The van der Waals surface area contributed by atoms with Crippen molar-refractivity contribution in [3.63, 3.8) is 0 Å². The van der Waals surface area contributed by atoms with Crippen LogP contribution in [0, 0.1) is 22.7 Å². The second kappa shape index (κ2) is 20.9. The van der Waals surface area contributed by atoms with E-state index in [0.717, 1.165) is 42.2 Å². The lowest BCUT2D eigenvalue weighted by Crippen LogP contribution is -2.50. The highest BCUT2D eigenvalue weighted by Gasteiger charge is 2.27. The SMILES string of the molecule is C[C@H](NC(=O)[C@H](Cc1cnc[nH]1)NCCOc1ccc(-c2c(C#N)c(SCc3csc(-c4ccc(Cl)cc4)n3)nc(N3CCCC3)c2C#N)cc1)C(=O)O.Cl.Cl. The number of imidazole rings is 1. The lowest BCUT2D eigenvalue weighted by atomic mass is 9.96. The standard InChI is InChI=1S/C38H36ClN9O4S2.2ClH/c1-23(38(50)51)45-35(49)32(16-27-19-42-22-44-27)43-12-15-52-29-10-6-24(7-11-29)33-30(17-40)34(48-13-2-3-14-48)47-37(31(33)18-41)54-21-28-20-53-36(46-28)25-4-8-26(39)9-5-25;;/h4-11,19-20,22-23,32,43H,2-3,12-16,21H2,1H3,(H,42,44)(H,45,49)(H,50,51);2*1H/t23-,32-;;/m0../s1. The van der Waals surface area contributed by atoms with Gasteiger partial charge >= 0.3 is 5.97 Å². The van der Waals surface area contributed by atoms with E-state index in [2.05, 4.69) is 37.6 Å². The summed E-state index contributed by atoms with van der Waals surface area (Å²) in [6, 6.07) is 17.7. The maximum Gasteiger partial charge on any atom is 0.325 e. The van der Waals surface area contributed by atoms with E-state index < -0.39 is 24.0 Å². The van der Waals surface area contributed by atoms with Crippen LogP contribution in [0.4, 0.5) is 5.82 Å². The quantitative estimate of drug-likeness (QED) is 0.0594. The fourth-order valence-electron chi connectivity index (χ4n) is 5.92. The molecule has 0 spiro atoms. The van der Waals surface area contributed by atoms with Crippen molar-refractivity contribution >= 4 is 77.2 Å². The summed E-state index contributed by atoms with van der Waals surface area (Å²) in [5.74, 6) is 0.0241. The molecule has 18 heteroatoms. The molecule has 0 bridgehead atoms. The van der Waals surface area contributed by atoms with Gasteiger partial charge in [-0.25, -0.2) is 15.0 Å². The molecular formula is C38H38Cl3N9O4S2. The molecule has 1 amide bonds. The monoisotopic (exact) mass is 853 g/mol. The third-order valence-corrected chi connectivity index (χ3v) is 10.9. The van der Waals surface area contributed by atoms with Crippen molar-refractivity contribution in [2.45, 2.75) is 49.0 Å². The first-order valence-corrected chi connectivity index (χ1v) is 19.4. The van der Waals surface area contributed by atoms with Gasteiger partial charge in [0, 0.05) is 65.2 Å². The molecule has 56 heavy (non-hydrogen) atoms. The average Bonchev–Trinajstić information content (AvgIpc) is 3.99. The number of rotatable bonds is 16. The molecule has 0 aliphatic carbocycles. The number of thioether (sulfide) groups is 1. The Labute approximate surface area is 349 Å². The zero-order valence-electron chi connectivity index (χ0n) is 30.0. The lowest BCUT2D eigenvalue weighted by Gasteiger charge is -2.22. The number of halogens is 3. The first-order valence-electron chi connectivity index (χ1n) is 17.2. The largest absolute Gasteiger partial charge is 0.492 e. The predicted molar refractivity (Wildman–Crippen MR) is 222 cm³/mol. The van der Waals surface area contributed by atoms with Crippen molar-refractivity contribution in [3.05, 3.63) is 94.0 Å². The number of nitrogens with one attached hydrogen (secondary N) is 3. The molecule has 5 aromatic rings. The van der Waals surface area contributed by atoms with Crippen molar-refractivity contribution in [2.24, 2.45) is 0 Å². The highest BCUT2D eigenvalue weighted by Crippen LogP contribution is 2.40. The Hall–Kier alpha value is -4.87. The third-order valence-electron chi connectivity index (χ3n) is 8.70. The maximum atomic E-state index is 12.9. The Kier molecular flexibility index (Phi) is 16.3. The summed E-state index contributed by atoms with van der Waals surface area (Å²) >= 11 is 9.02. The third kappa shape index (κ3) is 10.9. The number of nitriles is 2. The van der Waals surface area contributed by atoms with Crippen LogP contribution in [0.15, 0.2) is 71.5 Å². The number of hydrogen-bond donors (Lipinski definition) is 4. The Bertz CT molecular complexity index is 2170. The van der Waals surface area contributed by atoms with Gasteiger partial charge in [0.05, 0.1) is 23.6 Å². The molecule has 2 atom stereocenters. The summed E-state index contributed by atoms with van der Waals surface area (Å²) in [6.45, 7) is 3.45. The Balaban J connectivity index is 0.00000348. The van der Waals surface area contributed by atoms with Crippen LogP contribution < -0.4 is 20.3 Å². The molecule has 0 saturated carbocycles. The van der Waals surface area contributed by atoms with Gasteiger partial charge in [-0.2, -0.15) is 10.5 Å². The van der Waals surface area contributed by atoms with Gasteiger partial charge in [-0.3, -0.25) is 9.59 Å². The number of thiazole rings is 1. The van der Waals surface area contributed by atoms with Gasteiger partial charge in [0.1, 0.15) is 52.0 Å². The van der Waals surface area contributed by atoms with Crippen LogP contribution in [0.5, 0.6) is 5.75 Å². The minimum Gasteiger partial charge on any atom is -0.492 e. The molecule has 4 N–H and O–H groups in total. The summed E-state index contributed by atoms with van der Waals surface area (Å²) in [5, 5.41) is 39.9. The first kappa shape index (κ1) is 43.9. The van der Waals surface area contributed by atoms with Crippen molar-refractivity contribution in [3.8, 4) is 39.6 Å². The van der Waals surface area contributed by atoms with Gasteiger partial charge in [0.15, 0.2) is 0 Å². The average molecular weight is 855 g/mol. The molecule has 292 valence electrons. The lowest BCUT2D eigenvalue weighted by molar-refractivity contribution is -0.141. The molecule has 2 aromatic carbocycles. The number of aliphatic carboxylic acids is 1. The van der Waals surface area contributed by atoms with Crippen molar-refractivity contribution < 1.29 is 19.4 Å². The molecule has 0 radical (unpaired) electrons. The second-order valence-corrected chi connectivity index (χ2v) is 14.7. The summed E-state index contributed by atoms with van der Waals surface area (Å²) in [6.07, 6.45) is 5.38. The van der Waals surface area contributed by atoms with Crippen molar-refractivity contribution in [2.75, 3.05) is 31.1 Å². The van der Waals surface area contributed by atoms with Crippen LogP contribution in [0.2, 0.25) is 5.02 Å². The number of ether oxygens (including phenoxy) is 1. The number of carboxylic acids is 1. The maximum absolute atomic E-state index is 12.9. The molecule has 13 nitrogen and oxygen atoms in total. The van der Waals surface area contributed by atoms with Crippen LogP contribution in [0.25, 0.3) is 21.7 Å². The fraction of sp³-hybridized carbons (Fsp3) is 0.289. The molecular weight excluding hydrogens is 817 g/mol. The molecule has 6 rings (SSSR count). The van der Waals surface area contributed by atoms with E-state index in [4.69, 9.17) is 26.3 Å². The summed E-state index contributed by atoms with van der Waals surface area (Å²) in [5.41, 5.74) is 4.43. The first-order chi connectivity index (χ1) is 26.2. The molecule has 3 aromatic heterocycles. The fourth-order valence-corrected chi connectivity index (χ4v) is 7.86. The van der Waals surface area contributed by atoms with E-state index in [9.17, 15) is 25.2 Å². The van der Waals surface area contributed by atoms with E-state index in [1.165, 1.54) is 36.3 Å². The highest BCUT2D eigenvalue weighted by molar-refractivity contribution is 7.98. The number of hydrogen-bond acceptors (Lipinski definition) is 12. The van der Waals surface area contributed by atoms with Gasteiger partial charge in [-0.15, -0.1) is 36.2 Å². The number of pyridine rings is 1. The number of amides is 1. The van der Waals surface area contributed by atoms with Crippen LogP contribution in [0.3, 0.4) is 0 Å². The summed E-state index contributed by atoms with van der Waals surface area (Å²) in [7, 11) is 0. The van der Waals surface area contributed by atoms with Crippen molar-refractivity contribution in [1.82, 2.24) is 30.6 Å². The molecule has 4 heterocycles. The predicted octanol–water partition coefficient (Wildman–Crippen LogP) is 6.90. The number of nitrogens with zero attached hydrogens (tertiary/aromatic N) is 6. The topological polar surface area (TPSA) is 193 Å². The highest BCUT2D eigenvalue weighted by atomic mass is 35.5. The Morgan fingerprint density at radius 2 is 1.75 bits per heavy atom. The zero-order valence-corrected chi connectivity index (χ0v) is 34.1. The van der Waals surface area contributed by atoms with Crippen LogP contribution in [-0.4, -0.2) is 75.2 Å². The molecule has 0 unspecified atom stereocenters. The van der Waals surface area contributed by atoms with Gasteiger partial charge in [0.25, 0.3) is 0 Å². The van der Waals surface area contributed by atoms with Crippen LogP contribution >= 0.6 is 59.5 Å². The van der Waals surface area contributed by atoms with Gasteiger partial charge < -0.3 is 30.4 Å². The van der Waals surface area contributed by atoms with E-state index in [1.54, 1.807) is 18.3 Å². The van der Waals surface area contributed by atoms with E-state index >= 15 is 0 Å². The number of anilines is 1. The van der Waals surface area contributed by atoms with Gasteiger partial charge in [-0.1, -0.05) is 47.6 Å². The number of aromatic nitrogens is 4. The second-order valence-electron chi connectivity index (χ2n) is 12.5. The number of benzene rings is 2. The Morgan fingerprint density at radius 3 is 2.39 bits per heavy atom. The molecule has 1 aliphatic rings. The number of aromatic amines is 1. The normalized spacial score (nSPS) is 13.0. The van der Waals surface area contributed by atoms with E-state index in [1.807, 2.05) is 41.8 Å². The minimum atomic E-state index is -1.13. The van der Waals surface area contributed by atoms with Gasteiger partial charge in [0.2, 0.25) is 5.91 Å². The number of carbonyl (C=O) groups is 2. The van der Waals surface area contributed by atoms with E-state index in [-0.39, 0.29) is 44.4 Å². The molecule has 1 aliphatic heterocycles. The smallest absolute Gasteiger partial charge is 0.325 e. The van der Waals surface area contributed by atoms with Crippen LogP contribution in [-0.2, 0) is 21.8 Å². The molecule has 1 saturated heterocycles.